The molecule has 3 nitrogen and oxygen atoms in total. The normalized spacial score (nSPS) is 26.4. The van der Waals surface area contributed by atoms with Gasteiger partial charge < -0.3 is 9.64 Å². The SMILES string of the molecule is O=C1CCC2(CCCO2)CCN1Cc1ccc(F)c(F)c1. The number of halogens is 2. The van der Waals surface area contributed by atoms with Crippen LogP contribution in [0.5, 0.6) is 0 Å². The fourth-order valence-electron chi connectivity index (χ4n) is 3.26. The van der Waals surface area contributed by atoms with Crippen molar-refractivity contribution in [3.05, 3.63) is 35.4 Å². The fraction of sp³-hybridized carbons (Fsp3) is 0.562. The number of hydrogen-bond donors (Lipinski definition) is 0. The maximum absolute atomic E-state index is 13.3. The van der Waals surface area contributed by atoms with E-state index in [1.54, 1.807) is 4.90 Å². The molecule has 1 spiro atoms. The molecule has 1 amide bonds. The van der Waals surface area contributed by atoms with E-state index in [-0.39, 0.29) is 11.5 Å². The quantitative estimate of drug-likeness (QED) is 0.839. The molecule has 0 radical (unpaired) electrons. The Morgan fingerprint density at radius 2 is 2.05 bits per heavy atom. The van der Waals surface area contributed by atoms with Gasteiger partial charge >= 0.3 is 0 Å². The van der Waals surface area contributed by atoms with Gasteiger partial charge in [0.1, 0.15) is 0 Å². The number of amides is 1. The molecule has 2 fully saturated rings. The number of nitrogens with zero attached hydrogens (tertiary/aromatic N) is 1. The standard InChI is InChI=1S/C16H19F2NO2/c17-13-3-2-12(10-14(13)18)11-19-8-7-16(5-1-9-21-16)6-4-15(19)20/h2-3,10H,1,4-9,11H2. The molecule has 0 bridgehead atoms. The van der Waals surface area contributed by atoms with Gasteiger partial charge in [0.25, 0.3) is 0 Å². The Hall–Kier alpha value is -1.49. The van der Waals surface area contributed by atoms with Crippen LogP contribution in [-0.2, 0) is 16.1 Å². The summed E-state index contributed by atoms with van der Waals surface area (Å²) >= 11 is 0. The van der Waals surface area contributed by atoms with Gasteiger partial charge in [-0.3, -0.25) is 4.79 Å². The lowest BCUT2D eigenvalue weighted by Crippen LogP contribution is -2.32. The molecule has 2 aliphatic rings. The maximum atomic E-state index is 13.3. The van der Waals surface area contributed by atoms with E-state index in [1.807, 2.05) is 0 Å². The molecule has 0 aromatic heterocycles. The molecule has 3 rings (SSSR count). The highest BCUT2D eigenvalue weighted by molar-refractivity contribution is 5.76. The average Bonchev–Trinajstić information content (AvgIpc) is 2.88. The minimum atomic E-state index is -0.870. The number of rotatable bonds is 2. The Labute approximate surface area is 122 Å². The van der Waals surface area contributed by atoms with Crippen LogP contribution in [0.4, 0.5) is 8.78 Å². The van der Waals surface area contributed by atoms with Gasteiger partial charge in [-0.25, -0.2) is 8.78 Å². The lowest BCUT2D eigenvalue weighted by atomic mass is 9.92. The van der Waals surface area contributed by atoms with Gasteiger partial charge in [0.15, 0.2) is 11.6 Å². The van der Waals surface area contributed by atoms with Gasteiger partial charge in [-0.05, 0) is 43.4 Å². The zero-order chi connectivity index (χ0) is 14.9. The molecule has 21 heavy (non-hydrogen) atoms. The van der Waals surface area contributed by atoms with Crippen molar-refractivity contribution in [1.29, 1.82) is 0 Å². The molecule has 0 saturated carbocycles. The summed E-state index contributed by atoms with van der Waals surface area (Å²) in [7, 11) is 0. The molecule has 0 aliphatic carbocycles. The second kappa shape index (κ2) is 5.72. The van der Waals surface area contributed by atoms with E-state index in [4.69, 9.17) is 4.74 Å². The Balaban J connectivity index is 1.69. The minimum Gasteiger partial charge on any atom is -0.375 e. The van der Waals surface area contributed by atoms with Gasteiger partial charge in [-0.2, -0.15) is 0 Å². The zero-order valence-corrected chi connectivity index (χ0v) is 11.9. The number of carbonyl (C=O) groups excluding carboxylic acids is 1. The summed E-state index contributed by atoms with van der Waals surface area (Å²) in [5.74, 6) is -1.67. The van der Waals surface area contributed by atoms with Gasteiger partial charge in [0.2, 0.25) is 5.91 Å². The van der Waals surface area contributed by atoms with Crippen molar-refractivity contribution in [2.24, 2.45) is 0 Å². The van der Waals surface area contributed by atoms with E-state index >= 15 is 0 Å². The number of ether oxygens (including phenoxy) is 1. The molecule has 114 valence electrons. The van der Waals surface area contributed by atoms with Crippen molar-refractivity contribution in [1.82, 2.24) is 4.90 Å². The summed E-state index contributed by atoms with van der Waals surface area (Å²) in [5.41, 5.74) is 0.476. The number of benzene rings is 1. The summed E-state index contributed by atoms with van der Waals surface area (Å²) in [6, 6.07) is 3.79. The fourth-order valence-corrected chi connectivity index (χ4v) is 3.26. The number of hydrogen-bond acceptors (Lipinski definition) is 2. The predicted octanol–water partition coefficient (Wildman–Crippen LogP) is 3.03. The van der Waals surface area contributed by atoms with E-state index in [2.05, 4.69) is 0 Å². The van der Waals surface area contributed by atoms with Gasteiger partial charge in [-0.15, -0.1) is 0 Å². The van der Waals surface area contributed by atoms with Crippen LogP contribution in [0.2, 0.25) is 0 Å². The van der Waals surface area contributed by atoms with Crippen molar-refractivity contribution in [3.63, 3.8) is 0 Å². The van der Waals surface area contributed by atoms with Crippen LogP contribution in [0.25, 0.3) is 0 Å². The third kappa shape index (κ3) is 3.07. The van der Waals surface area contributed by atoms with Crippen LogP contribution in [-0.4, -0.2) is 29.6 Å². The third-order valence-corrected chi connectivity index (χ3v) is 4.53. The Morgan fingerprint density at radius 1 is 1.19 bits per heavy atom. The van der Waals surface area contributed by atoms with Crippen LogP contribution < -0.4 is 0 Å². The minimum absolute atomic E-state index is 0.0621. The first-order valence-electron chi connectivity index (χ1n) is 7.44. The second-order valence-electron chi connectivity index (χ2n) is 5.95. The topological polar surface area (TPSA) is 29.5 Å². The molecule has 2 heterocycles. The number of likely N-dealkylation sites (tertiary alicyclic amines) is 1. The van der Waals surface area contributed by atoms with Crippen LogP contribution in [0.1, 0.15) is 37.7 Å². The van der Waals surface area contributed by atoms with Crippen molar-refractivity contribution >= 4 is 5.91 Å². The van der Waals surface area contributed by atoms with Gasteiger partial charge in [-0.1, -0.05) is 6.07 Å². The summed E-state index contributed by atoms with van der Waals surface area (Å²) in [4.78, 5) is 13.9. The first kappa shape index (κ1) is 14.4. The molecular formula is C16H19F2NO2. The smallest absolute Gasteiger partial charge is 0.222 e. The molecule has 1 atom stereocenters. The van der Waals surface area contributed by atoms with Crippen LogP contribution in [0, 0.1) is 11.6 Å². The van der Waals surface area contributed by atoms with Crippen molar-refractivity contribution in [3.8, 4) is 0 Å². The van der Waals surface area contributed by atoms with Crippen LogP contribution >= 0.6 is 0 Å². The molecule has 2 saturated heterocycles. The Bertz CT molecular complexity index is 541. The first-order chi connectivity index (χ1) is 10.1. The first-order valence-corrected chi connectivity index (χ1v) is 7.44. The van der Waals surface area contributed by atoms with Gasteiger partial charge in [0.05, 0.1) is 5.60 Å². The molecule has 2 aliphatic heterocycles. The largest absolute Gasteiger partial charge is 0.375 e. The highest BCUT2D eigenvalue weighted by atomic mass is 19.2. The predicted molar refractivity (Wildman–Crippen MR) is 73.5 cm³/mol. The van der Waals surface area contributed by atoms with Gasteiger partial charge in [0, 0.05) is 26.1 Å². The zero-order valence-electron chi connectivity index (χ0n) is 11.9. The van der Waals surface area contributed by atoms with E-state index in [9.17, 15) is 13.6 Å². The molecule has 1 aromatic carbocycles. The van der Waals surface area contributed by atoms with E-state index < -0.39 is 11.6 Å². The highest BCUT2D eigenvalue weighted by Crippen LogP contribution is 2.36. The molecule has 5 heteroatoms. The van der Waals surface area contributed by atoms with E-state index in [1.165, 1.54) is 6.07 Å². The lowest BCUT2D eigenvalue weighted by molar-refractivity contribution is -0.131. The van der Waals surface area contributed by atoms with Crippen LogP contribution in [0.15, 0.2) is 18.2 Å². The summed E-state index contributed by atoms with van der Waals surface area (Å²) in [5, 5.41) is 0. The lowest BCUT2D eigenvalue weighted by Gasteiger charge is -2.26. The third-order valence-electron chi connectivity index (χ3n) is 4.53. The summed E-state index contributed by atoms with van der Waals surface area (Å²) in [6.45, 7) is 1.71. The molecular weight excluding hydrogens is 276 g/mol. The second-order valence-corrected chi connectivity index (χ2v) is 5.95. The van der Waals surface area contributed by atoms with Crippen molar-refractivity contribution in [2.75, 3.05) is 13.2 Å². The molecule has 0 N–H and O–H groups in total. The number of carbonyl (C=O) groups is 1. The maximum Gasteiger partial charge on any atom is 0.222 e. The summed E-state index contributed by atoms with van der Waals surface area (Å²) < 4.78 is 32.1. The van der Waals surface area contributed by atoms with Crippen molar-refractivity contribution in [2.45, 2.75) is 44.2 Å². The Kier molecular flexibility index (Phi) is 3.93. The Morgan fingerprint density at radius 3 is 2.76 bits per heavy atom. The monoisotopic (exact) mass is 295 g/mol. The summed E-state index contributed by atoms with van der Waals surface area (Å²) in [6.07, 6.45) is 4.11. The van der Waals surface area contributed by atoms with Crippen molar-refractivity contribution < 1.29 is 18.3 Å². The van der Waals surface area contributed by atoms with E-state index in [0.29, 0.717) is 25.1 Å². The average molecular weight is 295 g/mol. The molecule has 1 aromatic rings. The highest BCUT2D eigenvalue weighted by Gasteiger charge is 2.38. The van der Waals surface area contributed by atoms with Crippen LogP contribution in [0.3, 0.4) is 0 Å². The van der Waals surface area contributed by atoms with E-state index in [0.717, 1.165) is 44.4 Å². The molecule has 1 unspecified atom stereocenters.